The van der Waals surface area contributed by atoms with E-state index in [1.807, 2.05) is 0 Å². The number of hydrogen-bond donors (Lipinski definition) is 2. The molecule has 0 aliphatic heterocycles. The second-order valence-electron chi connectivity index (χ2n) is 5.43. The van der Waals surface area contributed by atoms with Crippen molar-refractivity contribution in [3.8, 4) is 5.88 Å². The summed E-state index contributed by atoms with van der Waals surface area (Å²) < 4.78 is 34.6. The van der Waals surface area contributed by atoms with Gasteiger partial charge in [-0.1, -0.05) is 0 Å². The maximum absolute atomic E-state index is 14.4. The predicted molar refractivity (Wildman–Crippen MR) is 88.0 cm³/mol. The van der Waals surface area contributed by atoms with Gasteiger partial charge in [0.1, 0.15) is 17.2 Å². The number of nitrogens with one attached hydrogen (secondary N) is 1. The Labute approximate surface area is 141 Å². The summed E-state index contributed by atoms with van der Waals surface area (Å²) >= 11 is 0. The summed E-state index contributed by atoms with van der Waals surface area (Å²) in [5.41, 5.74) is 5.76. The van der Waals surface area contributed by atoms with Crippen LogP contribution in [0.15, 0.2) is 18.2 Å². The Balaban J connectivity index is 2.13. The van der Waals surface area contributed by atoms with Crippen molar-refractivity contribution in [3.63, 3.8) is 0 Å². The zero-order valence-electron chi connectivity index (χ0n) is 13.7. The lowest BCUT2D eigenvalue weighted by molar-refractivity contribution is 0.100. The second-order valence-corrected chi connectivity index (χ2v) is 5.43. The minimum atomic E-state index is -0.852. The zero-order valence-corrected chi connectivity index (χ0v) is 13.7. The number of nitrogens with two attached hydrogens (primary N) is 1. The van der Waals surface area contributed by atoms with Gasteiger partial charge in [0, 0.05) is 12.7 Å². The molecule has 2 aromatic heterocycles. The first kappa shape index (κ1) is 16.6. The summed E-state index contributed by atoms with van der Waals surface area (Å²) in [5.74, 6) is -1.77. The summed E-state index contributed by atoms with van der Waals surface area (Å²) in [6, 6.07) is 3.80. The number of hydrogen-bond acceptors (Lipinski definition) is 5. The lowest BCUT2D eigenvalue weighted by Gasteiger charge is -2.11. The molecule has 1 amide bonds. The molecule has 3 rings (SSSR count). The number of methoxy groups -OCH3 is 1. The molecule has 0 saturated carbocycles. The number of fused-ring (bicyclic) bond motifs is 1. The smallest absolute Gasteiger partial charge is 0.252 e. The molecule has 1 aromatic carbocycles. The molecule has 130 valence electrons. The fraction of sp³-hybridized carbons (Fsp3) is 0.188. The molecule has 0 bridgehead atoms. The Bertz CT molecular complexity index is 1000. The highest BCUT2D eigenvalue weighted by Gasteiger charge is 2.18. The largest absolute Gasteiger partial charge is 0.479 e. The van der Waals surface area contributed by atoms with Crippen molar-refractivity contribution < 1.29 is 18.3 Å². The van der Waals surface area contributed by atoms with E-state index in [0.29, 0.717) is 5.39 Å². The summed E-state index contributed by atoms with van der Waals surface area (Å²) in [7, 11) is 3.02. The molecule has 0 fully saturated rings. The average molecular weight is 347 g/mol. The number of carbonyl (C=O) groups is 1. The molecule has 0 spiro atoms. The van der Waals surface area contributed by atoms with E-state index in [-0.39, 0.29) is 34.2 Å². The number of anilines is 2. The first-order valence-corrected chi connectivity index (χ1v) is 7.26. The van der Waals surface area contributed by atoms with Gasteiger partial charge < -0.3 is 15.8 Å². The van der Waals surface area contributed by atoms with E-state index in [1.165, 1.54) is 24.8 Å². The van der Waals surface area contributed by atoms with Gasteiger partial charge in [0.25, 0.3) is 5.91 Å². The molecule has 0 radical (unpaired) electrons. The van der Waals surface area contributed by atoms with Crippen LogP contribution in [0.25, 0.3) is 10.9 Å². The number of halogens is 2. The van der Waals surface area contributed by atoms with Gasteiger partial charge in [0.15, 0.2) is 5.82 Å². The van der Waals surface area contributed by atoms with Crippen molar-refractivity contribution in [1.82, 2.24) is 14.8 Å². The normalized spacial score (nSPS) is 10.9. The molecule has 0 aliphatic rings. The molecule has 2 heterocycles. The van der Waals surface area contributed by atoms with Crippen LogP contribution in [-0.2, 0) is 7.05 Å². The molecular formula is C16H15F2N5O2. The van der Waals surface area contributed by atoms with Gasteiger partial charge in [-0.3, -0.25) is 9.48 Å². The van der Waals surface area contributed by atoms with Crippen LogP contribution in [-0.4, -0.2) is 27.8 Å². The van der Waals surface area contributed by atoms with Crippen LogP contribution in [0.5, 0.6) is 5.88 Å². The Morgan fingerprint density at radius 3 is 2.64 bits per heavy atom. The fourth-order valence-corrected chi connectivity index (χ4v) is 2.55. The highest BCUT2D eigenvalue weighted by atomic mass is 19.1. The van der Waals surface area contributed by atoms with Crippen LogP contribution < -0.4 is 15.8 Å². The van der Waals surface area contributed by atoms with Crippen molar-refractivity contribution in [2.75, 3.05) is 12.4 Å². The van der Waals surface area contributed by atoms with Crippen LogP contribution >= 0.6 is 0 Å². The topological polar surface area (TPSA) is 95.1 Å². The van der Waals surface area contributed by atoms with E-state index in [4.69, 9.17) is 10.5 Å². The lowest BCUT2D eigenvalue weighted by atomic mass is 10.2. The highest BCUT2D eigenvalue weighted by molar-refractivity contribution is 5.98. The van der Waals surface area contributed by atoms with Gasteiger partial charge in [0.05, 0.1) is 23.8 Å². The van der Waals surface area contributed by atoms with E-state index in [1.54, 1.807) is 13.1 Å². The minimum absolute atomic E-state index is 0.0352. The predicted octanol–water partition coefficient (Wildman–Crippen LogP) is 2.41. The van der Waals surface area contributed by atoms with E-state index in [2.05, 4.69) is 15.4 Å². The molecule has 3 aromatic rings. The number of benzene rings is 1. The van der Waals surface area contributed by atoms with E-state index in [0.717, 1.165) is 6.07 Å². The van der Waals surface area contributed by atoms with Gasteiger partial charge in [-0.25, -0.2) is 13.8 Å². The quantitative estimate of drug-likeness (QED) is 0.756. The number of ether oxygens (including phenoxy) is 1. The number of amides is 1. The highest BCUT2D eigenvalue weighted by Crippen LogP contribution is 2.31. The maximum atomic E-state index is 14.4. The standard InChI is InChI=1S/C16H15F2N5O2/c1-7-11(17)6-10(14(19)24)15(20-7)21-8-4-9-13(12(18)5-8)23(2)22-16(9)25-3/h4-6H,1-3H3,(H2,19,24)(H,20,21). The van der Waals surface area contributed by atoms with Crippen LogP contribution in [0.1, 0.15) is 16.1 Å². The fourth-order valence-electron chi connectivity index (χ4n) is 2.55. The number of pyridine rings is 1. The molecule has 0 saturated heterocycles. The Morgan fingerprint density at radius 2 is 2.00 bits per heavy atom. The molecule has 0 aliphatic carbocycles. The van der Waals surface area contributed by atoms with E-state index >= 15 is 0 Å². The Kier molecular flexibility index (Phi) is 3.99. The third kappa shape index (κ3) is 2.84. The molecule has 7 nitrogen and oxygen atoms in total. The maximum Gasteiger partial charge on any atom is 0.252 e. The number of primary amides is 1. The van der Waals surface area contributed by atoms with Crippen LogP contribution in [0, 0.1) is 18.6 Å². The molecule has 9 heteroatoms. The molecule has 25 heavy (non-hydrogen) atoms. The third-order valence-corrected chi connectivity index (χ3v) is 3.73. The van der Waals surface area contributed by atoms with Crippen LogP contribution in [0.2, 0.25) is 0 Å². The summed E-state index contributed by atoms with van der Waals surface area (Å²) in [5, 5.41) is 7.32. The first-order valence-electron chi connectivity index (χ1n) is 7.26. The SMILES string of the molecule is COc1nn(C)c2c(F)cc(Nc3nc(C)c(F)cc3C(N)=O)cc12. The van der Waals surface area contributed by atoms with E-state index in [9.17, 15) is 13.6 Å². The Hall–Kier alpha value is -3.23. The van der Waals surface area contributed by atoms with Gasteiger partial charge in [-0.15, -0.1) is 5.10 Å². The monoisotopic (exact) mass is 347 g/mol. The second kappa shape index (κ2) is 6.00. The summed E-state index contributed by atoms with van der Waals surface area (Å²) in [4.78, 5) is 15.5. The molecule has 0 unspecified atom stereocenters. The number of aryl methyl sites for hydroxylation is 2. The van der Waals surface area contributed by atoms with Crippen molar-refractivity contribution in [2.45, 2.75) is 6.92 Å². The van der Waals surface area contributed by atoms with Crippen molar-refractivity contribution in [2.24, 2.45) is 12.8 Å². The van der Waals surface area contributed by atoms with Gasteiger partial charge >= 0.3 is 0 Å². The number of aromatic nitrogens is 3. The Morgan fingerprint density at radius 1 is 1.28 bits per heavy atom. The number of rotatable bonds is 4. The average Bonchev–Trinajstić information content (AvgIpc) is 2.87. The first-order chi connectivity index (χ1) is 11.8. The zero-order chi connectivity index (χ0) is 18.3. The molecule has 3 N–H and O–H groups in total. The van der Waals surface area contributed by atoms with Crippen molar-refractivity contribution in [1.29, 1.82) is 0 Å². The minimum Gasteiger partial charge on any atom is -0.479 e. The molecule has 0 atom stereocenters. The van der Waals surface area contributed by atoms with Crippen LogP contribution in [0.3, 0.4) is 0 Å². The van der Waals surface area contributed by atoms with Crippen molar-refractivity contribution >= 4 is 28.3 Å². The van der Waals surface area contributed by atoms with Crippen LogP contribution in [0.4, 0.5) is 20.3 Å². The van der Waals surface area contributed by atoms with Gasteiger partial charge in [-0.2, -0.15) is 0 Å². The van der Waals surface area contributed by atoms with E-state index < -0.39 is 17.5 Å². The number of carbonyl (C=O) groups excluding carboxylic acids is 1. The third-order valence-electron chi connectivity index (χ3n) is 3.73. The lowest BCUT2D eigenvalue weighted by Crippen LogP contribution is -2.15. The van der Waals surface area contributed by atoms with Gasteiger partial charge in [0.2, 0.25) is 5.88 Å². The summed E-state index contributed by atoms with van der Waals surface area (Å²) in [6.07, 6.45) is 0. The summed E-state index contributed by atoms with van der Waals surface area (Å²) in [6.45, 7) is 1.44. The van der Waals surface area contributed by atoms with Crippen molar-refractivity contribution in [3.05, 3.63) is 41.1 Å². The molecular weight excluding hydrogens is 332 g/mol. The number of nitrogens with zero attached hydrogens (tertiary/aromatic N) is 3. The van der Waals surface area contributed by atoms with Gasteiger partial charge in [-0.05, 0) is 25.1 Å².